The molecule has 0 aliphatic rings. The van der Waals surface area contributed by atoms with Gasteiger partial charge in [-0.3, -0.25) is 4.79 Å². The van der Waals surface area contributed by atoms with Crippen LogP contribution in [0.4, 0.5) is 0 Å². The van der Waals surface area contributed by atoms with Crippen LogP contribution < -0.4 is 11.5 Å². The number of nitrogens with two attached hydrogens (primary N) is 2. The van der Waals surface area contributed by atoms with Crippen LogP contribution >= 0.6 is 0 Å². The van der Waals surface area contributed by atoms with Crippen LogP contribution in [0.25, 0.3) is 0 Å². The lowest BCUT2D eigenvalue weighted by Crippen LogP contribution is -2.24. The van der Waals surface area contributed by atoms with E-state index in [1.807, 2.05) is 0 Å². The third-order valence-corrected chi connectivity index (χ3v) is 4.45. The molecule has 0 spiro atoms. The minimum atomic E-state index is -3.51. The first-order valence-corrected chi connectivity index (χ1v) is 9.07. The van der Waals surface area contributed by atoms with E-state index < -0.39 is 21.7 Å². The Morgan fingerprint density at radius 3 is 2.43 bits per heavy atom. The molecule has 0 atom stereocenters. The van der Waals surface area contributed by atoms with Crippen LogP contribution in [-0.2, 0) is 16.3 Å². The topological polar surface area (TPSA) is 116 Å². The Morgan fingerprint density at radius 2 is 1.96 bits per heavy atom. The third kappa shape index (κ3) is 5.11. The fraction of sp³-hybridized carbons (Fsp3) is 0.375. The first kappa shape index (κ1) is 18.7. The maximum absolute atomic E-state index is 12.0. The summed E-state index contributed by atoms with van der Waals surface area (Å²) in [4.78, 5) is 15.6. The molecule has 1 aromatic rings. The highest BCUT2D eigenvalue weighted by molar-refractivity contribution is 7.90. The van der Waals surface area contributed by atoms with Crippen LogP contribution in [0, 0.1) is 12.3 Å². The second kappa shape index (κ2) is 7.79. The van der Waals surface area contributed by atoms with Crippen LogP contribution in [0.15, 0.2) is 22.0 Å². The second-order valence-electron chi connectivity index (χ2n) is 5.22. The van der Waals surface area contributed by atoms with E-state index >= 15 is 0 Å². The summed E-state index contributed by atoms with van der Waals surface area (Å²) in [6.45, 7) is 2.06. The number of amides is 1. The van der Waals surface area contributed by atoms with E-state index in [9.17, 15) is 13.2 Å². The molecule has 0 fully saturated rings. The molecule has 0 unspecified atom stereocenters. The molecule has 1 amide bonds. The molecule has 0 aliphatic carbocycles. The summed E-state index contributed by atoms with van der Waals surface area (Å²) in [6.07, 6.45) is 9.93. The highest BCUT2D eigenvalue weighted by Gasteiger charge is 2.20. The predicted molar refractivity (Wildman–Crippen MR) is 90.9 cm³/mol. The number of sulfone groups is 1. The van der Waals surface area contributed by atoms with Crippen molar-refractivity contribution in [2.45, 2.75) is 37.5 Å². The van der Waals surface area contributed by atoms with Gasteiger partial charge in [-0.15, -0.1) is 6.42 Å². The summed E-state index contributed by atoms with van der Waals surface area (Å²) in [5.74, 6) is 1.22. The molecule has 0 bridgehead atoms. The average Bonchev–Trinajstić information content (AvgIpc) is 2.44. The summed E-state index contributed by atoms with van der Waals surface area (Å²) >= 11 is 0. The van der Waals surface area contributed by atoms with Crippen molar-refractivity contribution in [3.63, 3.8) is 0 Å². The molecular formula is C16H21N3O3S. The number of aryl methyl sites for hydroxylation is 1. The first-order valence-electron chi connectivity index (χ1n) is 7.18. The van der Waals surface area contributed by atoms with Crippen LogP contribution in [0.5, 0.6) is 0 Å². The number of benzene rings is 1. The molecule has 1 aromatic carbocycles. The van der Waals surface area contributed by atoms with Crippen molar-refractivity contribution in [3.8, 4) is 12.3 Å². The number of carbonyl (C=O) groups is 1. The van der Waals surface area contributed by atoms with Gasteiger partial charge < -0.3 is 11.5 Å². The summed E-state index contributed by atoms with van der Waals surface area (Å²) < 4.78 is 24.1. The molecule has 1 rings (SSSR count). The normalized spacial score (nSPS) is 10.8. The van der Waals surface area contributed by atoms with Gasteiger partial charge in [0.2, 0.25) is 0 Å². The highest BCUT2D eigenvalue weighted by Crippen LogP contribution is 2.24. The quantitative estimate of drug-likeness (QED) is 0.351. The second-order valence-corrected chi connectivity index (χ2v) is 7.21. The van der Waals surface area contributed by atoms with E-state index in [-0.39, 0.29) is 16.0 Å². The maximum Gasteiger partial charge on any atom is 0.281 e. The van der Waals surface area contributed by atoms with Crippen LogP contribution in [0.1, 0.15) is 47.7 Å². The monoisotopic (exact) mass is 335 g/mol. The van der Waals surface area contributed by atoms with Gasteiger partial charge in [0.1, 0.15) is 0 Å². The van der Waals surface area contributed by atoms with Gasteiger partial charge in [0.25, 0.3) is 5.91 Å². The third-order valence-electron chi connectivity index (χ3n) is 3.27. The standard InChI is InChI=1S/C16H21N3O3S/c1-4-6-7-8-12-9-11(5-2)13(15(20)19-16(17)18)10-14(12)23(3,21)22/h2,9-10H,4,6-8H2,1,3H3,(H4,17,18,19,20). The molecule has 23 heavy (non-hydrogen) atoms. The number of nitrogens with zero attached hydrogens (tertiary/aromatic N) is 1. The van der Waals surface area contributed by atoms with Gasteiger partial charge in [-0.2, -0.15) is 4.99 Å². The summed E-state index contributed by atoms with van der Waals surface area (Å²) in [7, 11) is -3.51. The predicted octanol–water partition coefficient (Wildman–Crippen LogP) is 1.22. The maximum atomic E-state index is 12.0. The molecule has 124 valence electrons. The van der Waals surface area contributed by atoms with Crippen molar-refractivity contribution < 1.29 is 13.2 Å². The lowest BCUT2D eigenvalue weighted by Gasteiger charge is -2.11. The van der Waals surface area contributed by atoms with Crippen molar-refractivity contribution in [1.82, 2.24) is 0 Å². The number of rotatable bonds is 6. The number of hydrogen-bond donors (Lipinski definition) is 2. The molecule has 6 nitrogen and oxygen atoms in total. The molecule has 7 heteroatoms. The molecule has 0 aliphatic heterocycles. The van der Waals surface area contributed by atoms with E-state index in [0.29, 0.717) is 12.0 Å². The van der Waals surface area contributed by atoms with Crippen LogP contribution in [-0.4, -0.2) is 26.5 Å². The number of unbranched alkanes of at least 4 members (excludes halogenated alkanes) is 2. The molecule has 0 saturated heterocycles. The Hall–Kier alpha value is -2.33. The zero-order valence-corrected chi connectivity index (χ0v) is 14.1. The van der Waals surface area contributed by atoms with E-state index in [1.54, 1.807) is 6.07 Å². The van der Waals surface area contributed by atoms with Crippen molar-refractivity contribution in [2.75, 3.05) is 6.26 Å². The molecule has 0 saturated carbocycles. The van der Waals surface area contributed by atoms with Gasteiger partial charge in [0, 0.05) is 11.8 Å². The summed E-state index contributed by atoms with van der Waals surface area (Å²) in [5, 5.41) is 0. The number of aliphatic imine (C=N–C) groups is 1. The van der Waals surface area contributed by atoms with Crippen LogP contribution in [0.3, 0.4) is 0 Å². The average molecular weight is 335 g/mol. The van der Waals surface area contributed by atoms with Crippen molar-refractivity contribution >= 4 is 21.7 Å². The highest BCUT2D eigenvalue weighted by atomic mass is 32.2. The fourth-order valence-corrected chi connectivity index (χ4v) is 3.17. The van der Waals surface area contributed by atoms with Gasteiger partial charge >= 0.3 is 0 Å². The lowest BCUT2D eigenvalue weighted by atomic mass is 10.00. The Labute approximate surface area is 136 Å². The minimum Gasteiger partial charge on any atom is -0.370 e. The Kier molecular flexibility index (Phi) is 6.34. The van der Waals surface area contributed by atoms with Gasteiger partial charge in [-0.25, -0.2) is 8.42 Å². The Bertz CT molecular complexity index is 770. The van der Waals surface area contributed by atoms with Crippen molar-refractivity contribution in [1.29, 1.82) is 0 Å². The molecule has 4 N–H and O–H groups in total. The molecular weight excluding hydrogens is 314 g/mol. The van der Waals surface area contributed by atoms with Crippen LogP contribution in [0.2, 0.25) is 0 Å². The van der Waals surface area contributed by atoms with Gasteiger partial charge in [0.15, 0.2) is 15.8 Å². The number of hydrogen-bond acceptors (Lipinski definition) is 3. The molecule has 0 heterocycles. The summed E-state index contributed by atoms with van der Waals surface area (Å²) in [6, 6.07) is 2.82. The van der Waals surface area contributed by atoms with Gasteiger partial charge in [0.05, 0.1) is 10.5 Å². The van der Waals surface area contributed by atoms with E-state index in [4.69, 9.17) is 17.9 Å². The smallest absolute Gasteiger partial charge is 0.281 e. The zero-order valence-electron chi connectivity index (χ0n) is 13.3. The van der Waals surface area contributed by atoms with Gasteiger partial charge in [-0.05, 0) is 30.5 Å². The molecule has 0 radical (unpaired) electrons. The van der Waals surface area contributed by atoms with Crippen molar-refractivity contribution in [3.05, 3.63) is 28.8 Å². The lowest BCUT2D eigenvalue weighted by molar-refractivity contribution is 0.100. The number of carbonyl (C=O) groups excluding carboxylic acids is 1. The van der Waals surface area contributed by atoms with E-state index in [2.05, 4.69) is 17.8 Å². The Balaban J connectivity index is 3.49. The SMILES string of the molecule is C#Cc1cc(CCCCC)c(S(C)(=O)=O)cc1C(=O)N=C(N)N. The number of guanidine groups is 1. The minimum absolute atomic E-state index is 0.000525. The fourth-order valence-electron chi connectivity index (χ4n) is 2.20. The van der Waals surface area contributed by atoms with Gasteiger partial charge in [-0.1, -0.05) is 25.7 Å². The zero-order chi connectivity index (χ0) is 17.6. The largest absolute Gasteiger partial charge is 0.370 e. The Morgan fingerprint density at radius 1 is 1.30 bits per heavy atom. The number of terminal acetylenes is 1. The first-order chi connectivity index (χ1) is 10.7. The van der Waals surface area contributed by atoms with E-state index in [0.717, 1.165) is 25.5 Å². The van der Waals surface area contributed by atoms with E-state index in [1.165, 1.54) is 6.07 Å². The summed E-state index contributed by atoms with van der Waals surface area (Å²) in [5.41, 5.74) is 11.3. The van der Waals surface area contributed by atoms with Crippen molar-refractivity contribution in [2.24, 2.45) is 16.5 Å². The molecule has 0 aromatic heterocycles.